The van der Waals surface area contributed by atoms with E-state index < -0.39 is 0 Å². The van der Waals surface area contributed by atoms with Crippen LogP contribution < -0.4 is 5.30 Å². The number of rotatable bonds is 1. The van der Waals surface area contributed by atoms with Crippen LogP contribution in [0.5, 0.6) is 0 Å². The van der Waals surface area contributed by atoms with Gasteiger partial charge in [0.25, 0.3) is 0 Å². The predicted octanol–water partition coefficient (Wildman–Crippen LogP) is 0.955. The van der Waals surface area contributed by atoms with Crippen LogP contribution in [0.15, 0.2) is 30.3 Å². The van der Waals surface area contributed by atoms with Crippen LogP contribution in [-0.4, -0.2) is 18.9 Å². The fourth-order valence-electron chi connectivity index (χ4n) is 0.489. The van der Waals surface area contributed by atoms with E-state index in [1.807, 2.05) is 30.3 Å². The molecular weight excluding hydrogens is 126 g/mol. The Balaban J connectivity index is 0.000000640. The van der Waals surface area contributed by atoms with Gasteiger partial charge in [-0.25, -0.2) is 0 Å². The summed E-state index contributed by atoms with van der Waals surface area (Å²) in [7, 11) is 0.0994. The molecule has 0 saturated heterocycles. The average Bonchev–Trinajstić information content (AvgIpc) is 1.90. The van der Waals surface area contributed by atoms with Gasteiger partial charge >= 0.3 is 18.9 Å². The van der Waals surface area contributed by atoms with Crippen LogP contribution in [0.3, 0.4) is 0 Å². The maximum atomic E-state index is 10.1. The molecule has 1 aromatic carbocycles. The predicted molar refractivity (Wildman–Crippen MR) is 40.8 cm³/mol. The summed E-state index contributed by atoms with van der Waals surface area (Å²) in [6.45, 7) is 0. The number of benzene rings is 1. The molecule has 0 unspecified atom stereocenters. The van der Waals surface area contributed by atoms with Gasteiger partial charge in [-0.15, -0.1) is 0 Å². The van der Waals surface area contributed by atoms with E-state index in [1.54, 1.807) is 0 Å². The summed E-state index contributed by atoms with van der Waals surface area (Å²) in [4.78, 5) is 0. The molecule has 3 heteroatoms. The van der Waals surface area contributed by atoms with Gasteiger partial charge in [-0.3, -0.25) is 4.57 Å². The van der Waals surface area contributed by atoms with Crippen molar-refractivity contribution in [3.05, 3.63) is 30.3 Å². The molecular formula is C6H6LiOP. The van der Waals surface area contributed by atoms with E-state index >= 15 is 0 Å². The van der Waals surface area contributed by atoms with Gasteiger partial charge in [0.1, 0.15) is 0 Å². The van der Waals surface area contributed by atoms with Gasteiger partial charge in [0, 0.05) is 5.30 Å². The zero-order chi connectivity index (χ0) is 5.82. The molecule has 0 aromatic heterocycles. The quantitative estimate of drug-likeness (QED) is 0.410. The summed E-state index contributed by atoms with van der Waals surface area (Å²) in [5.74, 6) is 0. The summed E-state index contributed by atoms with van der Waals surface area (Å²) >= 11 is 0. The third kappa shape index (κ3) is 2.82. The van der Waals surface area contributed by atoms with Crippen LogP contribution in [0.1, 0.15) is 0 Å². The molecule has 1 rings (SSSR count). The van der Waals surface area contributed by atoms with Crippen LogP contribution in [0.2, 0.25) is 0 Å². The Morgan fingerprint density at radius 1 is 1.11 bits per heavy atom. The van der Waals surface area contributed by atoms with Crippen LogP contribution in [-0.2, 0) is 4.57 Å². The molecule has 9 heavy (non-hydrogen) atoms. The van der Waals surface area contributed by atoms with Crippen molar-refractivity contribution >= 4 is 32.6 Å². The zero-order valence-corrected chi connectivity index (χ0v) is 5.14. The summed E-state index contributed by atoms with van der Waals surface area (Å²) in [5, 5.41) is 0.826. The van der Waals surface area contributed by atoms with E-state index in [0.717, 1.165) is 5.30 Å². The molecule has 0 aliphatic carbocycles. The van der Waals surface area contributed by atoms with E-state index in [-0.39, 0.29) is 27.3 Å². The van der Waals surface area contributed by atoms with Gasteiger partial charge in [-0.05, 0) is 12.1 Å². The molecule has 0 aliphatic heterocycles. The molecule has 1 aromatic rings. The van der Waals surface area contributed by atoms with Crippen LogP contribution in [0.4, 0.5) is 0 Å². The topological polar surface area (TPSA) is 17.1 Å². The molecule has 0 amide bonds. The van der Waals surface area contributed by atoms with Crippen molar-refractivity contribution in [3.63, 3.8) is 0 Å². The Kier molecular flexibility index (Phi) is 4.72. The normalized spacial score (nSPS) is 8.44. The first-order chi connectivity index (χ1) is 3.93. The van der Waals surface area contributed by atoms with Crippen molar-refractivity contribution in [1.29, 1.82) is 0 Å². The van der Waals surface area contributed by atoms with E-state index in [0.29, 0.717) is 0 Å². The molecule has 42 valence electrons. The summed E-state index contributed by atoms with van der Waals surface area (Å²) < 4.78 is 10.1. The van der Waals surface area contributed by atoms with Crippen LogP contribution in [0.25, 0.3) is 0 Å². The third-order valence-electron chi connectivity index (χ3n) is 0.862. The fourth-order valence-corrected chi connectivity index (χ4v) is 0.783. The second-order valence-corrected chi connectivity index (χ2v) is 2.13. The number of hydrogen-bond acceptors (Lipinski definition) is 1. The van der Waals surface area contributed by atoms with E-state index in [1.165, 1.54) is 0 Å². The monoisotopic (exact) mass is 132 g/mol. The average molecular weight is 132 g/mol. The standard InChI is InChI=1S/C6H5OP.Li.H/c7-8-6-4-2-1-3-5-6;;/h1-5H;;. The first-order valence-corrected chi connectivity index (χ1v) is 3.13. The summed E-state index contributed by atoms with van der Waals surface area (Å²) in [6, 6.07) is 9.25. The minimum atomic E-state index is 0. The van der Waals surface area contributed by atoms with Crippen molar-refractivity contribution in [2.45, 2.75) is 0 Å². The second-order valence-electron chi connectivity index (χ2n) is 1.43. The molecule has 0 heterocycles. The van der Waals surface area contributed by atoms with Crippen molar-refractivity contribution in [2.24, 2.45) is 0 Å². The zero-order valence-electron chi connectivity index (χ0n) is 4.24. The molecule has 1 nitrogen and oxygen atoms in total. The Labute approximate surface area is 67.8 Å². The first kappa shape index (κ1) is 8.92. The van der Waals surface area contributed by atoms with Crippen molar-refractivity contribution in [2.75, 3.05) is 0 Å². The SMILES string of the molecule is O=Pc1ccccc1.[LiH]. The van der Waals surface area contributed by atoms with Gasteiger partial charge < -0.3 is 0 Å². The third-order valence-corrected chi connectivity index (χ3v) is 1.37. The van der Waals surface area contributed by atoms with Crippen LogP contribution >= 0.6 is 8.46 Å². The van der Waals surface area contributed by atoms with Crippen molar-refractivity contribution in [3.8, 4) is 0 Å². The molecule has 0 N–H and O–H groups in total. The molecule has 0 saturated carbocycles. The second kappa shape index (κ2) is 4.76. The van der Waals surface area contributed by atoms with Gasteiger partial charge in [-0.1, -0.05) is 18.2 Å². The first-order valence-electron chi connectivity index (χ1n) is 2.32. The van der Waals surface area contributed by atoms with Gasteiger partial charge in [0.05, 0.1) is 0 Å². The molecule has 0 spiro atoms. The maximum absolute atomic E-state index is 10.1. The minimum absolute atomic E-state index is 0. The Hall–Kier alpha value is -0.0826. The van der Waals surface area contributed by atoms with Crippen molar-refractivity contribution in [1.82, 2.24) is 0 Å². The summed E-state index contributed by atoms with van der Waals surface area (Å²) in [5.41, 5.74) is 0. The summed E-state index contributed by atoms with van der Waals surface area (Å²) in [6.07, 6.45) is 0. The van der Waals surface area contributed by atoms with Gasteiger partial charge in [0.2, 0.25) is 0 Å². The van der Waals surface area contributed by atoms with Crippen molar-refractivity contribution < 1.29 is 4.57 Å². The fraction of sp³-hybridized carbons (Fsp3) is 0. The molecule has 0 bridgehead atoms. The van der Waals surface area contributed by atoms with E-state index in [2.05, 4.69) is 0 Å². The van der Waals surface area contributed by atoms with E-state index in [9.17, 15) is 4.57 Å². The van der Waals surface area contributed by atoms with Gasteiger partial charge in [0.15, 0.2) is 8.46 Å². The molecule has 0 fully saturated rings. The Morgan fingerprint density at radius 3 is 2.00 bits per heavy atom. The van der Waals surface area contributed by atoms with Gasteiger partial charge in [-0.2, -0.15) is 0 Å². The Morgan fingerprint density at radius 2 is 1.67 bits per heavy atom. The number of hydrogen-bond donors (Lipinski definition) is 0. The molecule has 0 radical (unpaired) electrons. The molecule has 0 atom stereocenters. The van der Waals surface area contributed by atoms with E-state index in [4.69, 9.17) is 0 Å². The Bertz CT molecular complexity index is 176. The molecule has 0 aliphatic rings. The van der Waals surface area contributed by atoms with Crippen LogP contribution in [0, 0.1) is 0 Å².